The molecule has 3 rings (SSSR count). The van der Waals surface area contributed by atoms with Crippen LogP contribution in [0.4, 0.5) is 5.95 Å². The fourth-order valence-corrected chi connectivity index (χ4v) is 3.90. The van der Waals surface area contributed by atoms with Crippen LogP contribution < -0.4 is 16.6 Å². The van der Waals surface area contributed by atoms with E-state index in [1.54, 1.807) is 19.1 Å². The van der Waals surface area contributed by atoms with Crippen molar-refractivity contribution < 1.29 is 24.6 Å². The van der Waals surface area contributed by atoms with Crippen LogP contribution in [0.3, 0.4) is 0 Å². The number of nitrogens with one attached hydrogen (secondary N) is 3. The fourth-order valence-electron chi connectivity index (χ4n) is 2.90. The minimum Gasteiger partial charge on any atom is -0.481 e. The van der Waals surface area contributed by atoms with E-state index in [0.717, 1.165) is 10.6 Å². The fraction of sp³-hybridized carbons (Fsp3) is 0.211. The van der Waals surface area contributed by atoms with Gasteiger partial charge in [0.25, 0.3) is 11.5 Å². The van der Waals surface area contributed by atoms with E-state index in [1.807, 2.05) is 0 Å². The third-order valence-corrected chi connectivity index (χ3v) is 5.62. The van der Waals surface area contributed by atoms with Crippen molar-refractivity contribution in [2.75, 3.05) is 5.73 Å². The molecule has 0 radical (unpaired) electrons. The average molecular weight is 445 g/mol. The molecule has 0 bridgehead atoms. The molecule has 31 heavy (non-hydrogen) atoms. The highest BCUT2D eigenvalue weighted by molar-refractivity contribution is 7.99. The summed E-state index contributed by atoms with van der Waals surface area (Å²) >= 11 is 1.30. The summed E-state index contributed by atoms with van der Waals surface area (Å²) in [6.45, 7) is 1.80. The Morgan fingerprint density at radius 1 is 1.19 bits per heavy atom. The number of aliphatic carboxylic acids is 2. The van der Waals surface area contributed by atoms with Gasteiger partial charge in [0.05, 0.1) is 5.39 Å². The van der Waals surface area contributed by atoms with E-state index in [1.165, 1.54) is 23.9 Å². The highest BCUT2D eigenvalue weighted by Gasteiger charge is 2.22. The molecule has 0 aliphatic rings. The van der Waals surface area contributed by atoms with Crippen LogP contribution in [0.1, 0.15) is 28.9 Å². The highest BCUT2D eigenvalue weighted by atomic mass is 32.2. The maximum Gasteiger partial charge on any atom is 0.326 e. The topological polar surface area (TPSA) is 191 Å². The number of fused-ring (bicyclic) bond motifs is 1. The molecule has 11 nitrogen and oxygen atoms in total. The number of nitrogens with zero attached hydrogens (tertiary/aromatic N) is 1. The lowest BCUT2D eigenvalue weighted by molar-refractivity contribution is -0.140. The number of amides is 1. The van der Waals surface area contributed by atoms with Gasteiger partial charge in [-0.3, -0.25) is 19.4 Å². The summed E-state index contributed by atoms with van der Waals surface area (Å²) in [5.74, 6) is -3.08. The maximum absolute atomic E-state index is 12.3. The number of aromatic nitrogens is 3. The van der Waals surface area contributed by atoms with Crippen molar-refractivity contribution in [3.63, 3.8) is 0 Å². The Morgan fingerprint density at radius 3 is 2.48 bits per heavy atom. The van der Waals surface area contributed by atoms with E-state index >= 15 is 0 Å². The first kappa shape index (κ1) is 21.9. The van der Waals surface area contributed by atoms with Gasteiger partial charge in [0.2, 0.25) is 5.95 Å². The molecule has 0 fully saturated rings. The summed E-state index contributed by atoms with van der Waals surface area (Å²) in [5.41, 5.74) is 6.52. The van der Waals surface area contributed by atoms with Crippen LogP contribution in [0, 0.1) is 6.92 Å². The molecule has 7 N–H and O–H groups in total. The number of nitrogens with two attached hydrogens (primary N) is 1. The molecule has 1 unspecified atom stereocenters. The molecule has 12 heteroatoms. The molecule has 0 aliphatic heterocycles. The summed E-state index contributed by atoms with van der Waals surface area (Å²) in [4.78, 5) is 57.5. The Labute approximate surface area is 179 Å². The Hall–Kier alpha value is -3.80. The van der Waals surface area contributed by atoms with Crippen LogP contribution in [0.5, 0.6) is 0 Å². The van der Waals surface area contributed by atoms with Gasteiger partial charge in [0, 0.05) is 27.5 Å². The van der Waals surface area contributed by atoms with Crippen molar-refractivity contribution in [2.45, 2.75) is 35.6 Å². The summed E-state index contributed by atoms with van der Waals surface area (Å²) in [6, 6.07) is 5.03. The molecule has 1 amide bonds. The molecule has 2 heterocycles. The number of carboxylic acid groups (broad SMARTS) is 2. The molecular formula is C19H19N5O6S. The molecule has 0 saturated carbocycles. The van der Waals surface area contributed by atoms with E-state index in [2.05, 4.69) is 20.3 Å². The zero-order valence-corrected chi connectivity index (χ0v) is 17.1. The summed E-state index contributed by atoms with van der Waals surface area (Å²) in [5, 5.41) is 20.6. The average Bonchev–Trinajstić information content (AvgIpc) is 3.00. The van der Waals surface area contributed by atoms with Gasteiger partial charge < -0.3 is 26.2 Å². The van der Waals surface area contributed by atoms with E-state index in [9.17, 15) is 19.2 Å². The molecule has 0 spiro atoms. The number of rotatable bonds is 8. The number of nitrogen functional groups attached to an aromatic ring is 1. The van der Waals surface area contributed by atoms with Crippen LogP contribution in [0.15, 0.2) is 38.9 Å². The molecule has 0 aliphatic carbocycles. The number of benzene rings is 1. The van der Waals surface area contributed by atoms with Gasteiger partial charge in [-0.1, -0.05) is 11.8 Å². The zero-order chi connectivity index (χ0) is 22.7. The number of carboxylic acids is 2. The number of aromatic amines is 2. The first-order valence-electron chi connectivity index (χ1n) is 9.07. The summed E-state index contributed by atoms with van der Waals surface area (Å²) < 4.78 is 0. The maximum atomic E-state index is 12.3. The van der Waals surface area contributed by atoms with E-state index < -0.39 is 23.9 Å². The lowest BCUT2D eigenvalue weighted by Crippen LogP contribution is -2.41. The van der Waals surface area contributed by atoms with Gasteiger partial charge in [-0.15, -0.1) is 0 Å². The van der Waals surface area contributed by atoms with Crippen LogP contribution in [-0.2, 0) is 9.59 Å². The minimum atomic E-state index is -1.31. The Balaban J connectivity index is 1.76. The van der Waals surface area contributed by atoms with Gasteiger partial charge in [-0.05, 0) is 37.6 Å². The van der Waals surface area contributed by atoms with E-state index in [-0.39, 0.29) is 29.9 Å². The lowest BCUT2D eigenvalue weighted by Gasteiger charge is -2.13. The third-order valence-electron chi connectivity index (χ3n) is 4.40. The minimum absolute atomic E-state index is 0.00804. The van der Waals surface area contributed by atoms with E-state index in [0.29, 0.717) is 15.9 Å². The number of aryl methyl sites for hydroxylation is 1. The van der Waals surface area contributed by atoms with Crippen molar-refractivity contribution in [3.05, 3.63) is 45.9 Å². The number of anilines is 1. The molecule has 0 saturated heterocycles. The predicted molar refractivity (Wildman–Crippen MR) is 112 cm³/mol. The smallest absolute Gasteiger partial charge is 0.326 e. The summed E-state index contributed by atoms with van der Waals surface area (Å²) in [6.07, 6.45) is -0.603. The number of H-pyrrole nitrogens is 2. The predicted octanol–water partition coefficient (Wildman–Crippen LogP) is 1.34. The third kappa shape index (κ3) is 5.04. The first-order chi connectivity index (χ1) is 14.7. The molecule has 1 aromatic carbocycles. The highest BCUT2D eigenvalue weighted by Crippen LogP contribution is 2.34. The van der Waals surface area contributed by atoms with Gasteiger partial charge in [0.15, 0.2) is 0 Å². The number of carbonyl (C=O) groups is 3. The van der Waals surface area contributed by atoms with E-state index in [4.69, 9.17) is 15.9 Å². The largest absolute Gasteiger partial charge is 0.481 e. The van der Waals surface area contributed by atoms with Crippen molar-refractivity contribution in [1.29, 1.82) is 0 Å². The molecule has 2 aromatic heterocycles. The van der Waals surface area contributed by atoms with Crippen LogP contribution >= 0.6 is 11.8 Å². The second kappa shape index (κ2) is 8.92. The molecular weight excluding hydrogens is 426 g/mol. The Morgan fingerprint density at radius 2 is 1.87 bits per heavy atom. The van der Waals surface area contributed by atoms with Crippen molar-refractivity contribution in [1.82, 2.24) is 20.3 Å². The lowest BCUT2D eigenvalue weighted by atomic mass is 10.1. The van der Waals surface area contributed by atoms with Gasteiger partial charge >= 0.3 is 11.9 Å². The number of hydrogen-bond donors (Lipinski definition) is 6. The second-order valence-electron chi connectivity index (χ2n) is 6.68. The zero-order valence-electron chi connectivity index (χ0n) is 16.3. The second-order valence-corrected chi connectivity index (χ2v) is 7.76. The van der Waals surface area contributed by atoms with Crippen LogP contribution in [-0.4, -0.2) is 49.1 Å². The van der Waals surface area contributed by atoms with Gasteiger partial charge in [0.1, 0.15) is 11.7 Å². The molecule has 162 valence electrons. The monoisotopic (exact) mass is 445 g/mol. The summed E-state index contributed by atoms with van der Waals surface area (Å²) in [7, 11) is 0. The normalized spacial score (nSPS) is 11.9. The van der Waals surface area contributed by atoms with Crippen LogP contribution in [0.25, 0.3) is 11.0 Å². The molecule has 3 aromatic rings. The number of hydrogen-bond acceptors (Lipinski definition) is 7. The van der Waals surface area contributed by atoms with Crippen molar-refractivity contribution in [2.24, 2.45) is 0 Å². The molecule has 1 atom stereocenters. The van der Waals surface area contributed by atoms with Crippen LogP contribution in [0.2, 0.25) is 0 Å². The van der Waals surface area contributed by atoms with Crippen molar-refractivity contribution >= 4 is 46.6 Å². The standard InChI is InChI=1S/C19H19N5O6S/c1-8-14(13-15(21-8)23-19(20)24-17(13)28)31-10-4-2-9(3-5-10)16(27)22-11(18(29)30)6-7-12(25)26/h2-5,11H,6-7H2,1H3,(H,22,27)(H,25,26)(H,29,30)(H4,20,21,23,24,28). The number of carbonyl (C=O) groups excluding carboxylic acids is 1. The Kier molecular flexibility index (Phi) is 6.30. The first-order valence-corrected chi connectivity index (χ1v) is 9.88. The van der Waals surface area contributed by atoms with Crippen molar-refractivity contribution in [3.8, 4) is 0 Å². The van der Waals surface area contributed by atoms with Gasteiger partial charge in [-0.25, -0.2) is 4.79 Å². The Bertz CT molecular complexity index is 1220. The quantitative estimate of drug-likeness (QED) is 0.297. The SMILES string of the molecule is Cc1[nH]c2nc(N)[nH]c(=O)c2c1Sc1ccc(C(=O)NC(CCC(=O)O)C(=O)O)cc1. The van der Waals surface area contributed by atoms with Gasteiger partial charge in [-0.2, -0.15) is 4.98 Å².